The summed E-state index contributed by atoms with van der Waals surface area (Å²) in [6.07, 6.45) is 3.93. The Kier molecular flexibility index (Phi) is 7.97. The lowest BCUT2D eigenvalue weighted by Crippen LogP contribution is -2.19. The fourth-order valence-corrected chi connectivity index (χ4v) is 3.02. The van der Waals surface area contributed by atoms with Crippen LogP contribution in [-0.4, -0.2) is 50.8 Å². The van der Waals surface area contributed by atoms with Crippen LogP contribution < -0.4 is 0 Å². The van der Waals surface area contributed by atoms with E-state index in [-0.39, 0.29) is 17.1 Å². The molecule has 0 atom stereocenters. The molecule has 0 amide bonds. The minimum Gasteiger partial charge on any atom is -0.385 e. The van der Waals surface area contributed by atoms with Crippen LogP contribution in [0.5, 0.6) is 0 Å². The minimum absolute atomic E-state index is 0.178. The number of esters is 6. The summed E-state index contributed by atoms with van der Waals surface area (Å²) in [4.78, 5) is 86.4. The highest BCUT2D eigenvalue weighted by Crippen LogP contribution is 2.16. The minimum atomic E-state index is -1.26. The number of ether oxygens (including phenoxy) is 3. The largest absolute Gasteiger partial charge is 0.385 e. The molecule has 39 heavy (non-hydrogen) atoms. The van der Waals surface area contributed by atoms with Gasteiger partial charge in [-0.1, -0.05) is 18.2 Å². The summed E-state index contributed by atoms with van der Waals surface area (Å²) in [5.74, 6) is -7.10. The van der Waals surface area contributed by atoms with Crippen molar-refractivity contribution in [3.8, 4) is 0 Å². The van der Waals surface area contributed by atoms with Gasteiger partial charge in [0.2, 0.25) is 0 Å². The highest BCUT2D eigenvalue weighted by atomic mass is 16.6. The lowest BCUT2D eigenvalue weighted by atomic mass is 10.1. The average Bonchev–Trinajstić information content (AvgIpc) is 2.98. The van der Waals surface area contributed by atoms with E-state index in [1.807, 2.05) is 0 Å². The molecule has 0 radical (unpaired) electrons. The topological polar surface area (TPSA) is 169 Å². The van der Waals surface area contributed by atoms with Crippen LogP contribution in [0, 0.1) is 0 Å². The van der Waals surface area contributed by atoms with Gasteiger partial charge in [0.05, 0.1) is 16.7 Å². The first-order valence-corrected chi connectivity index (χ1v) is 11.0. The van der Waals surface area contributed by atoms with Crippen molar-refractivity contribution in [1.82, 2.24) is 15.0 Å². The molecule has 0 aliphatic heterocycles. The molecule has 3 heterocycles. The molecule has 0 aliphatic rings. The highest BCUT2D eigenvalue weighted by Gasteiger charge is 2.24. The molecule has 12 heteroatoms. The van der Waals surface area contributed by atoms with Crippen LogP contribution in [0.3, 0.4) is 0 Å². The van der Waals surface area contributed by atoms with E-state index >= 15 is 0 Å². The number of hydrogen-bond donors (Lipinski definition) is 0. The van der Waals surface area contributed by atoms with Crippen molar-refractivity contribution in [2.45, 2.75) is 0 Å². The number of rotatable bonds is 6. The first kappa shape index (κ1) is 26.2. The van der Waals surface area contributed by atoms with E-state index < -0.39 is 52.5 Å². The Morgan fingerprint density at radius 2 is 0.692 bits per heavy atom. The molecule has 4 rings (SSSR count). The van der Waals surface area contributed by atoms with Crippen LogP contribution in [0.2, 0.25) is 0 Å². The quantitative estimate of drug-likeness (QED) is 0.205. The van der Waals surface area contributed by atoms with E-state index in [9.17, 15) is 28.8 Å². The van der Waals surface area contributed by atoms with Crippen molar-refractivity contribution in [3.05, 3.63) is 125 Å². The number of pyridine rings is 3. The zero-order valence-corrected chi connectivity index (χ0v) is 19.7. The van der Waals surface area contributed by atoms with Crippen molar-refractivity contribution in [2.75, 3.05) is 0 Å². The molecule has 0 fully saturated rings. The Balaban J connectivity index is 1.62. The third-order valence-electron chi connectivity index (χ3n) is 4.82. The third-order valence-corrected chi connectivity index (χ3v) is 4.82. The van der Waals surface area contributed by atoms with E-state index in [0.29, 0.717) is 0 Å². The van der Waals surface area contributed by atoms with E-state index in [1.165, 1.54) is 55.0 Å². The summed E-state index contributed by atoms with van der Waals surface area (Å²) < 4.78 is 14.4. The third kappa shape index (κ3) is 6.65. The zero-order valence-electron chi connectivity index (χ0n) is 19.7. The molecule has 0 spiro atoms. The number of nitrogens with zero attached hydrogens (tertiary/aromatic N) is 3. The predicted molar refractivity (Wildman–Crippen MR) is 128 cm³/mol. The molecule has 4 aromatic rings. The molecule has 0 saturated heterocycles. The molecular formula is C27H15N3O9. The second-order valence-electron chi connectivity index (χ2n) is 7.47. The summed E-state index contributed by atoms with van der Waals surface area (Å²) in [7, 11) is 0. The molecule has 0 bridgehead atoms. The van der Waals surface area contributed by atoms with Crippen LogP contribution in [0.4, 0.5) is 0 Å². The van der Waals surface area contributed by atoms with Gasteiger partial charge in [-0.05, 0) is 54.6 Å². The Hall–Kier alpha value is -5.91. The van der Waals surface area contributed by atoms with Gasteiger partial charge in [-0.2, -0.15) is 0 Å². The fraction of sp³-hybridized carbons (Fsp3) is 0. The smallest absolute Gasteiger partial charge is 0.364 e. The molecule has 192 valence electrons. The number of aromatic nitrogens is 3. The molecule has 1 aromatic carbocycles. The van der Waals surface area contributed by atoms with Gasteiger partial charge in [0.15, 0.2) is 0 Å². The number of carbonyl (C=O) groups excluding carboxylic acids is 6. The van der Waals surface area contributed by atoms with Crippen LogP contribution >= 0.6 is 0 Å². The van der Waals surface area contributed by atoms with Crippen LogP contribution in [-0.2, 0) is 14.2 Å². The van der Waals surface area contributed by atoms with Crippen molar-refractivity contribution in [2.24, 2.45) is 0 Å². The summed E-state index contributed by atoms with van der Waals surface area (Å²) in [6.45, 7) is 0. The monoisotopic (exact) mass is 525 g/mol. The van der Waals surface area contributed by atoms with Gasteiger partial charge >= 0.3 is 35.8 Å². The standard InChI is InChI=1S/C27H15N3O9/c31-22(37-25(34)19-7-1-4-10-28-19)16-13-17(23(32)38-26(35)20-8-2-5-11-29-20)15-18(14-16)24(33)39-27(36)21-9-3-6-12-30-21/h1-15H. The highest BCUT2D eigenvalue weighted by molar-refractivity contribution is 6.08. The Morgan fingerprint density at radius 3 is 0.923 bits per heavy atom. The van der Waals surface area contributed by atoms with Crippen molar-refractivity contribution >= 4 is 35.8 Å². The lowest BCUT2D eigenvalue weighted by molar-refractivity contribution is 0.0382. The summed E-state index contributed by atoms with van der Waals surface area (Å²) in [5, 5.41) is 0. The van der Waals surface area contributed by atoms with Crippen LogP contribution in [0.1, 0.15) is 62.5 Å². The van der Waals surface area contributed by atoms with E-state index in [4.69, 9.17) is 14.2 Å². The molecule has 0 N–H and O–H groups in total. The van der Waals surface area contributed by atoms with E-state index in [0.717, 1.165) is 18.2 Å². The maximum Gasteiger partial charge on any atom is 0.364 e. The lowest BCUT2D eigenvalue weighted by Gasteiger charge is -2.09. The maximum atomic E-state index is 12.7. The Labute approximate surface area is 219 Å². The zero-order chi connectivity index (χ0) is 27.8. The Bertz CT molecular complexity index is 1370. The summed E-state index contributed by atoms with van der Waals surface area (Å²) in [6, 6.07) is 15.8. The number of hydrogen-bond acceptors (Lipinski definition) is 12. The molecule has 3 aromatic heterocycles. The van der Waals surface area contributed by atoms with Gasteiger partial charge in [0.25, 0.3) is 0 Å². The molecule has 0 aliphatic carbocycles. The predicted octanol–water partition coefficient (Wildman–Crippen LogP) is 2.86. The van der Waals surface area contributed by atoms with E-state index in [2.05, 4.69) is 15.0 Å². The van der Waals surface area contributed by atoms with Gasteiger partial charge < -0.3 is 14.2 Å². The molecule has 0 saturated carbocycles. The maximum absolute atomic E-state index is 12.7. The van der Waals surface area contributed by atoms with Crippen molar-refractivity contribution in [1.29, 1.82) is 0 Å². The normalized spacial score (nSPS) is 10.2. The average molecular weight is 525 g/mol. The van der Waals surface area contributed by atoms with Crippen LogP contribution in [0.15, 0.2) is 91.4 Å². The molecular weight excluding hydrogens is 510 g/mol. The van der Waals surface area contributed by atoms with E-state index in [1.54, 1.807) is 18.2 Å². The first-order chi connectivity index (χ1) is 18.8. The molecule has 0 unspecified atom stereocenters. The van der Waals surface area contributed by atoms with Crippen molar-refractivity contribution < 1.29 is 43.0 Å². The SMILES string of the molecule is O=C(OC(=O)c1ccccn1)c1cc(C(=O)OC(=O)c2ccccn2)cc(C(=O)OC(=O)c2ccccn2)c1. The van der Waals surface area contributed by atoms with Crippen LogP contribution in [0.25, 0.3) is 0 Å². The second kappa shape index (κ2) is 11.9. The fourth-order valence-electron chi connectivity index (χ4n) is 3.02. The van der Waals surface area contributed by atoms with Gasteiger partial charge in [0.1, 0.15) is 17.1 Å². The summed E-state index contributed by atoms with van der Waals surface area (Å²) in [5.41, 5.74) is -1.92. The number of benzene rings is 1. The van der Waals surface area contributed by atoms with Gasteiger partial charge in [-0.15, -0.1) is 0 Å². The summed E-state index contributed by atoms with van der Waals surface area (Å²) >= 11 is 0. The van der Waals surface area contributed by atoms with Crippen molar-refractivity contribution in [3.63, 3.8) is 0 Å². The van der Waals surface area contributed by atoms with Gasteiger partial charge in [0, 0.05) is 18.6 Å². The number of carbonyl (C=O) groups is 6. The molecule has 12 nitrogen and oxygen atoms in total. The van der Waals surface area contributed by atoms with Gasteiger partial charge in [-0.3, -0.25) is 0 Å². The Morgan fingerprint density at radius 1 is 0.410 bits per heavy atom. The van der Waals surface area contributed by atoms with Gasteiger partial charge in [-0.25, -0.2) is 43.7 Å². The first-order valence-electron chi connectivity index (χ1n) is 11.0. The second-order valence-corrected chi connectivity index (χ2v) is 7.47.